The Bertz CT molecular complexity index is 609. The van der Waals surface area contributed by atoms with Gasteiger partial charge in [0.2, 0.25) is 10.0 Å². The van der Waals surface area contributed by atoms with Crippen LogP contribution in [0, 0.1) is 0 Å². The SMILES string of the molecule is CCC(O)(C(=O)O)C(C)c1ccc(S(=O)(=O)N(C)C)cc1. The van der Waals surface area contributed by atoms with E-state index in [9.17, 15) is 18.3 Å². The molecule has 118 valence electrons. The molecule has 2 N–H and O–H groups in total. The van der Waals surface area contributed by atoms with Crippen molar-refractivity contribution in [3.05, 3.63) is 29.8 Å². The third kappa shape index (κ3) is 3.25. The van der Waals surface area contributed by atoms with Gasteiger partial charge in [-0.2, -0.15) is 0 Å². The Morgan fingerprint density at radius 2 is 1.76 bits per heavy atom. The normalized spacial score (nSPS) is 16.5. The predicted molar refractivity (Wildman–Crippen MR) is 78.6 cm³/mol. The first-order valence-corrected chi connectivity index (χ1v) is 7.99. The lowest BCUT2D eigenvalue weighted by Gasteiger charge is -2.29. The van der Waals surface area contributed by atoms with Crippen molar-refractivity contribution in [3.8, 4) is 0 Å². The van der Waals surface area contributed by atoms with Crippen molar-refractivity contribution in [2.24, 2.45) is 0 Å². The topological polar surface area (TPSA) is 94.9 Å². The van der Waals surface area contributed by atoms with Crippen LogP contribution in [0.5, 0.6) is 0 Å². The highest BCUT2D eigenvalue weighted by molar-refractivity contribution is 7.89. The summed E-state index contributed by atoms with van der Waals surface area (Å²) < 4.78 is 25.0. The van der Waals surface area contributed by atoms with E-state index in [1.54, 1.807) is 13.8 Å². The summed E-state index contributed by atoms with van der Waals surface area (Å²) in [6.07, 6.45) is 0.0568. The zero-order chi connectivity index (χ0) is 16.4. The molecule has 7 heteroatoms. The van der Waals surface area contributed by atoms with Gasteiger partial charge in [-0.05, 0) is 24.1 Å². The van der Waals surface area contributed by atoms with Gasteiger partial charge in [-0.3, -0.25) is 0 Å². The molecule has 0 bridgehead atoms. The molecule has 0 amide bonds. The van der Waals surface area contributed by atoms with Crippen LogP contribution in [-0.4, -0.2) is 48.6 Å². The summed E-state index contributed by atoms with van der Waals surface area (Å²) in [5.41, 5.74) is -1.30. The Labute approximate surface area is 125 Å². The maximum atomic E-state index is 12.0. The number of rotatable bonds is 6. The fourth-order valence-electron chi connectivity index (χ4n) is 2.06. The highest BCUT2D eigenvalue weighted by atomic mass is 32.2. The minimum absolute atomic E-state index is 0.0568. The first kappa shape index (κ1) is 17.6. The second kappa shape index (κ2) is 6.13. The fraction of sp³-hybridized carbons (Fsp3) is 0.500. The average molecular weight is 315 g/mol. The fourth-order valence-corrected chi connectivity index (χ4v) is 2.96. The molecular formula is C14H21NO5S. The first-order valence-electron chi connectivity index (χ1n) is 6.55. The van der Waals surface area contributed by atoms with Gasteiger partial charge in [0.25, 0.3) is 0 Å². The Hall–Kier alpha value is -1.44. The summed E-state index contributed by atoms with van der Waals surface area (Å²) in [5.74, 6) is -1.95. The van der Waals surface area contributed by atoms with E-state index < -0.39 is 27.5 Å². The van der Waals surface area contributed by atoms with Gasteiger partial charge in [0, 0.05) is 20.0 Å². The van der Waals surface area contributed by atoms with Crippen LogP contribution >= 0.6 is 0 Å². The molecule has 0 aliphatic heterocycles. The minimum Gasteiger partial charge on any atom is -0.479 e. The Balaban J connectivity index is 3.17. The standard InChI is InChI=1S/C14H21NO5S/c1-5-14(18,13(16)17)10(2)11-6-8-12(9-7-11)21(19,20)15(3)4/h6-10,18H,5H2,1-4H3,(H,16,17). The summed E-state index contributed by atoms with van der Waals surface area (Å²) in [6.45, 7) is 3.20. The van der Waals surface area contributed by atoms with Crippen LogP contribution in [0.15, 0.2) is 29.2 Å². The zero-order valence-corrected chi connectivity index (χ0v) is 13.4. The molecule has 1 aromatic rings. The molecule has 0 heterocycles. The highest BCUT2D eigenvalue weighted by Gasteiger charge is 2.40. The minimum atomic E-state index is -3.52. The zero-order valence-electron chi connectivity index (χ0n) is 12.6. The molecule has 1 aromatic carbocycles. The number of sulfonamides is 1. The summed E-state index contributed by atoms with van der Waals surface area (Å²) in [5, 5.41) is 19.4. The first-order chi connectivity index (χ1) is 9.57. The van der Waals surface area contributed by atoms with Crippen molar-refractivity contribution >= 4 is 16.0 Å². The number of carboxylic acids is 1. The smallest absolute Gasteiger partial charge is 0.336 e. The van der Waals surface area contributed by atoms with E-state index >= 15 is 0 Å². The molecule has 6 nitrogen and oxygen atoms in total. The van der Waals surface area contributed by atoms with Crippen molar-refractivity contribution in [1.29, 1.82) is 0 Å². The van der Waals surface area contributed by atoms with Gasteiger partial charge < -0.3 is 10.2 Å². The van der Waals surface area contributed by atoms with E-state index in [0.29, 0.717) is 5.56 Å². The van der Waals surface area contributed by atoms with Crippen molar-refractivity contribution in [2.75, 3.05) is 14.1 Å². The van der Waals surface area contributed by atoms with Gasteiger partial charge in [-0.1, -0.05) is 26.0 Å². The third-order valence-corrected chi connectivity index (χ3v) is 5.61. The van der Waals surface area contributed by atoms with Gasteiger partial charge in [-0.15, -0.1) is 0 Å². The number of aliphatic hydroxyl groups is 1. The lowest BCUT2D eigenvalue weighted by molar-refractivity contribution is -0.161. The second-order valence-electron chi connectivity index (χ2n) is 5.16. The molecule has 0 aromatic heterocycles. The van der Waals surface area contributed by atoms with Crippen molar-refractivity contribution in [3.63, 3.8) is 0 Å². The Morgan fingerprint density at radius 3 is 2.10 bits per heavy atom. The van der Waals surface area contributed by atoms with E-state index in [0.717, 1.165) is 4.31 Å². The summed E-state index contributed by atoms with van der Waals surface area (Å²) in [4.78, 5) is 11.4. The molecular weight excluding hydrogens is 294 g/mol. The van der Waals surface area contributed by atoms with Crippen LogP contribution in [0.1, 0.15) is 31.7 Å². The van der Waals surface area contributed by atoms with Crippen LogP contribution in [0.4, 0.5) is 0 Å². The molecule has 0 aliphatic rings. The van der Waals surface area contributed by atoms with E-state index in [-0.39, 0.29) is 11.3 Å². The number of carbonyl (C=O) groups is 1. The maximum absolute atomic E-state index is 12.0. The molecule has 2 atom stereocenters. The van der Waals surface area contributed by atoms with Crippen LogP contribution in [0.2, 0.25) is 0 Å². The second-order valence-corrected chi connectivity index (χ2v) is 7.31. The number of carboxylic acid groups (broad SMARTS) is 1. The molecule has 1 rings (SSSR count). The molecule has 2 unspecified atom stereocenters. The van der Waals surface area contributed by atoms with E-state index in [4.69, 9.17) is 5.11 Å². The number of benzene rings is 1. The van der Waals surface area contributed by atoms with E-state index in [1.807, 2.05) is 0 Å². The predicted octanol–water partition coefficient (Wildman–Crippen LogP) is 1.27. The lowest BCUT2D eigenvalue weighted by Crippen LogP contribution is -2.42. The summed E-state index contributed by atoms with van der Waals surface area (Å²) in [7, 11) is -0.649. The Morgan fingerprint density at radius 1 is 1.29 bits per heavy atom. The van der Waals surface area contributed by atoms with Crippen LogP contribution in [0.3, 0.4) is 0 Å². The van der Waals surface area contributed by atoms with Crippen molar-refractivity contribution in [2.45, 2.75) is 36.7 Å². The van der Waals surface area contributed by atoms with Crippen LogP contribution < -0.4 is 0 Å². The van der Waals surface area contributed by atoms with Gasteiger partial charge in [0.05, 0.1) is 4.90 Å². The van der Waals surface area contributed by atoms with E-state index in [2.05, 4.69) is 0 Å². The summed E-state index contributed by atoms with van der Waals surface area (Å²) in [6, 6.07) is 5.90. The van der Waals surface area contributed by atoms with Crippen molar-refractivity contribution in [1.82, 2.24) is 4.31 Å². The molecule has 0 saturated carbocycles. The van der Waals surface area contributed by atoms with Gasteiger partial charge in [0.1, 0.15) is 0 Å². The van der Waals surface area contributed by atoms with Crippen LogP contribution in [-0.2, 0) is 14.8 Å². The lowest BCUT2D eigenvalue weighted by atomic mass is 9.81. The molecule has 0 radical (unpaired) electrons. The molecule has 0 aliphatic carbocycles. The third-order valence-electron chi connectivity index (χ3n) is 3.78. The number of aliphatic carboxylic acids is 1. The Kier molecular flexibility index (Phi) is 5.14. The molecule has 0 spiro atoms. The molecule has 21 heavy (non-hydrogen) atoms. The maximum Gasteiger partial charge on any atom is 0.336 e. The monoisotopic (exact) mass is 315 g/mol. The van der Waals surface area contributed by atoms with E-state index in [1.165, 1.54) is 38.4 Å². The quantitative estimate of drug-likeness (QED) is 0.824. The van der Waals surface area contributed by atoms with Crippen molar-refractivity contribution < 1.29 is 23.4 Å². The van der Waals surface area contributed by atoms with Crippen LogP contribution in [0.25, 0.3) is 0 Å². The number of nitrogens with zero attached hydrogens (tertiary/aromatic N) is 1. The largest absolute Gasteiger partial charge is 0.479 e. The number of hydrogen-bond acceptors (Lipinski definition) is 4. The van der Waals surface area contributed by atoms with Gasteiger partial charge in [0.15, 0.2) is 5.60 Å². The molecule has 0 saturated heterocycles. The number of hydrogen-bond donors (Lipinski definition) is 2. The summed E-state index contributed by atoms with van der Waals surface area (Å²) >= 11 is 0. The van der Waals surface area contributed by atoms with Gasteiger partial charge >= 0.3 is 5.97 Å². The molecule has 0 fully saturated rings. The average Bonchev–Trinajstić information content (AvgIpc) is 2.45. The van der Waals surface area contributed by atoms with Gasteiger partial charge in [-0.25, -0.2) is 17.5 Å². The highest BCUT2D eigenvalue weighted by Crippen LogP contribution is 2.31.